The number of piperazine rings is 1. The van der Waals surface area contributed by atoms with Gasteiger partial charge in [0, 0.05) is 67.3 Å². The first-order valence-electron chi connectivity index (χ1n) is 16.5. The number of nitrogens with one attached hydrogen (secondary N) is 2. The number of carbonyl (C=O) groups is 2. The molecule has 46 heavy (non-hydrogen) atoms. The second kappa shape index (κ2) is 14.0. The van der Waals surface area contributed by atoms with Crippen molar-refractivity contribution in [1.29, 1.82) is 0 Å². The van der Waals surface area contributed by atoms with Gasteiger partial charge in [0.05, 0.1) is 19.3 Å². The summed E-state index contributed by atoms with van der Waals surface area (Å²) < 4.78 is 5.66. The molecule has 0 bridgehead atoms. The lowest BCUT2D eigenvalue weighted by atomic mass is 10.1. The maximum absolute atomic E-state index is 12.9. The summed E-state index contributed by atoms with van der Waals surface area (Å²) in [5, 5.41) is 5.75. The van der Waals surface area contributed by atoms with Crippen LogP contribution in [-0.2, 0) is 4.74 Å². The summed E-state index contributed by atoms with van der Waals surface area (Å²) in [6.07, 6.45) is 2.21. The Balaban J connectivity index is 1.12. The Bertz CT molecular complexity index is 1500. The molecule has 12 heteroatoms. The Labute approximate surface area is 271 Å². The molecule has 0 spiro atoms. The van der Waals surface area contributed by atoms with E-state index in [1.165, 1.54) is 0 Å². The van der Waals surface area contributed by atoms with E-state index in [-0.39, 0.29) is 18.0 Å². The molecular weight excluding hydrogens is 582 g/mol. The van der Waals surface area contributed by atoms with Gasteiger partial charge < -0.3 is 35.0 Å². The smallest absolute Gasteiger partial charge is 0.323 e. The summed E-state index contributed by atoms with van der Waals surface area (Å²) in [5.74, 6) is 1.98. The predicted molar refractivity (Wildman–Crippen MR) is 181 cm³/mol. The summed E-state index contributed by atoms with van der Waals surface area (Å²) in [7, 11) is 0. The van der Waals surface area contributed by atoms with Gasteiger partial charge in [0.25, 0.3) is 5.91 Å². The van der Waals surface area contributed by atoms with Crippen molar-refractivity contribution in [2.75, 3.05) is 72.9 Å². The van der Waals surface area contributed by atoms with Crippen LogP contribution in [0.25, 0.3) is 11.4 Å². The fourth-order valence-electron chi connectivity index (χ4n) is 6.48. The van der Waals surface area contributed by atoms with Crippen molar-refractivity contribution in [3.8, 4) is 11.4 Å². The number of aromatic nitrogens is 3. The number of hydrogen-bond acceptors (Lipinski definition) is 9. The van der Waals surface area contributed by atoms with Crippen molar-refractivity contribution in [1.82, 2.24) is 24.8 Å². The van der Waals surface area contributed by atoms with Crippen molar-refractivity contribution >= 4 is 35.2 Å². The highest BCUT2D eigenvalue weighted by Crippen LogP contribution is 2.31. The molecule has 3 aliphatic rings. The maximum atomic E-state index is 12.9. The molecule has 3 saturated heterocycles. The number of rotatable bonds is 7. The van der Waals surface area contributed by atoms with Crippen LogP contribution in [0, 0.1) is 0 Å². The molecule has 1 aromatic heterocycles. The van der Waals surface area contributed by atoms with E-state index in [0.29, 0.717) is 60.0 Å². The largest absolute Gasteiger partial charge is 0.377 e. The molecule has 0 radical (unpaired) electrons. The Morgan fingerprint density at radius 2 is 1.39 bits per heavy atom. The number of ether oxygens (including phenoxy) is 1. The standard InChI is InChI=1S/C34H45N9O3/c1-5-40-16-18-41(19-17-40)31(44)27-10-14-29(15-11-27)36-34(45)35-28-12-8-26(9-13-28)30-37-32(42-20-21-46-22-25(42)4)39-33(38-30)43-23(2)6-7-24(43)3/h8-15,23-25H,5-7,16-22H2,1-4H3,(H2,35,36,45)/t23-,24+,25?. The Morgan fingerprint density at radius 1 is 0.783 bits per heavy atom. The number of morpholine rings is 1. The minimum absolute atomic E-state index is 0.0215. The molecule has 0 aliphatic carbocycles. The van der Waals surface area contributed by atoms with Gasteiger partial charge in [-0.05, 0) is 88.7 Å². The van der Waals surface area contributed by atoms with Gasteiger partial charge in [-0.1, -0.05) is 6.92 Å². The van der Waals surface area contributed by atoms with Gasteiger partial charge in [0.2, 0.25) is 11.9 Å². The van der Waals surface area contributed by atoms with Crippen LogP contribution in [0.15, 0.2) is 48.5 Å². The number of hydrogen-bond donors (Lipinski definition) is 2. The number of amides is 3. The maximum Gasteiger partial charge on any atom is 0.323 e. The van der Waals surface area contributed by atoms with Crippen LogP contribution in [0.2, 0.25) is 0 Å². The van der Waals surface area contributed by atoms with E-state index in [0.717, 1.165) is 57.7 Å². The molecule has 12 nitrogen and oxygen atoms in total. The van der Waals surface area contributed by atoms with Gasteiger partial charge in [-0.3, -0.25) is 4.79 Å². The van der Waals surface area contributed by atoms with E-state index >= 15 is 0 Å². The summed E-state index contributed by atoms with van der Waals surface area (Å²) in [6, 6.07) is 15.0. The average Bonchev–Trinajstić information content (AvgIpc) is 3.42. The predicted octanol–water partition coefficient (Wildman–Crippen LogP) is 4.56. The SMILES string of the molecule is CCN1CCN(C(=O)c2ccc(NC(=O)Nc3ccc(-c4nc(N5CCOCC5C)nc(N5[C@H](C)CC[C@@H]5C)n4)cc3)cc2)CC1. The Morgan fingerprint density at radius 3 is 2.00 bits per heavy atom. The van der Waals surface area contributed by atoms with Crippen LogP contribution in [0.3, 0.4) is 0 Å². The zero-order valence-electron chi connectivity index (χ0n) is 27.3. The van der Waals surface area contributed by atoms with Crippen molar-refractivity contribution in [3.63, 3.8) is 0 Å². The van der Waals surface area contributed by atoms with E-state index in [1.54, 1.807) is 24.3 Å². The summed E-state index contributed by atoms with van der Waals surface area (Å²) in [6.45, 7) is 14.9. The van der Waals surface area contributed by atoms with Gasteiger partial charge in [0.15, 0.2) is 5.82 Å². The van der Waals surface area contributed by atoms with Crippen LogP contribution in [0.5, 0.6) is 0 Å². The van der Waals surface area contributed by atoms with Gasteiger partial charge in [-0.15, -0.1) is 0 Å². The normalized spacial score (nSPS) is 22.2. The van der Waals surface area contributed by atoms with E-state index < -0.39 is 0 Å². The molecule has 2 N–H and O–H groups in total. The lowest BCUT2D eigenvalue weighted by molar-refractivity contribution is 0.0643. The van der Waals surface area contributed by atoms with Gasteiger partial charge in [-0.25, -0.2) is 4.79 Å². The van der Waals surface area contributed by atoms with Crippen molar-refractivity contribution in [3.05, 3.63) is 54.1 Å². The number of benzene rings is 2. The van der Waals surface area contributed by atoms with Crippen molar-refractivity contribution < 1.29 is 14.3 Å². The summed E-state index contributed by atoms with van der Waals surface area (Å²) >= 11 is 0. The fourth-order valence-corrected chi connectivity index (χ4v) is 6.48. The zero-order valence-corrected chi connectivity index (χ0v) is 27.3. The third kappa shape index (κ3) is 7.07. The van der Waals surface area contributed by atoms with Crippen LogP contribution < -0.4 is 20.4 Å². The number of carbonyl (C=O) groups excluding carboxylic acids is 2. The number of likely N-dealkylation sites (N-methyl/N-ethyl adjacent to an activating group) is 1. The molecule has 0 saturated carbocycles. The van der Waals surface area contributed by atoms with Crippen LogP contribution in [0.4, 0.5) is 28.1 Å². The number of nitrogens with zero attached hydrogens (tertiary/aromatic N) is 7. The minimum atomic E-state index is -0.370. The fraction of sp³-hybridized carbons (Fsp3) is 0.500. The lowest BCUT2D eigenvalue weighted by Gasteiger charge is -2.34. The van der Waals surface area contributed by atoms with Crippen LogP contribution >= 0.6 is 0 Å². The molecule has 3 aromatic rings. The van der Waals surface area contributed by atoms with Crippen molar-refractivity contribution in [2.45, 2.75) is 58.7 Å². The average molecular weight is 628 g/mol. The van der Waals surface area contributed by atoms with Gasteiger partial charge >= 0.3 is 6.03 Å². The molecule has 3 amide bonds. The second-order valence-electron chi connectivity index (χ2n) is 12.5. The molecule has 4 heterocycles. The number of anilines is 4. The van der Waals surface area contributed by atoms with E-state index in [9.17, 15) is 9.59 Å². The molecule has 6 rings (SSSR count). The van der Waals surface area contributed by atoms with E-state index in [4.69, 9.17) is 19.7 Å². The summed E-state index contributed by atoms with van der Waals surface area (Å²) in [4.78, 5) is 49.2. The first kappa shape index (κ1) is 31.7. The van der Waals surface area contributed by atoms with E-state index in [1.807, 2.05) is 29.2 Å². The first-order valence-corrected chi connectivity index (χ1v) is 16.5. The highest BCUT2D eigenvalue weighted by Gasteiger charge is 2.32. The van der Waals surface area contributed by atoms with E-state index in [2.05, 4.69) is 53.0 Å². The minimum Gasteiger partial charge on any atom is -0.377 e. The zero-order chi connectivity index (χ0) is 32.2. The summed E-state index contributed by atoms with van der Waals surface area (Å²) in [5.41, 5.74) is 2.70. The molecule has 1 unspecified atom stereocenters. The Kier molecular flexibility index (Phi) is 9.64. The molecule has 3 fully saturated rings. The van der Waals surface area contributed by atoms with Crippen LogP contribution in [0.1, 0.15) is 50.9 Å². The molecule has 2 aromatic carbocycles. The molecule has 244 valence electrons. The molecular formula is C34H45N9O3. The van der Waals surface area contributed by atoms with Crippen molar-refractivity contribution in [2.24, 2.45) is 0 Å². The molecule has 3 atom stereocenters. The van der Waals surface area contributed by atoms with Gasteiger partial charge in [0.1, 0.15) is 0 Å². The Hall–Kier alpha value is -4.29. The third-order valence-electron chi connectivity index (χ3n) is 9.32. The monoisotopic (exact) mass is 627 g/mol. The highest BCUT2D eigenvalue weighted by atomic mass is 16.5. The van der Waals surface area contributed by atoms with Crippen LogP contribution in [-0.4, -0.2) is 107 Å². The second-order valence-corrected chi connectivity index (χ2v) is 12.5. The number of urea groups is 1. The lowest BCUT2D eigenvalue weighted by Crippen LogP contribution is -2.48. The topological polar surface area (TPSA) is 119 Å². The third-order valence-corrected chi connectivity index (χ3v) is 9.32. The first-order chi connectivity index (χ1) is 22.3. The quantitative estimate of drug-likeness (QED) is 0.389. The van der Waals surface area contributed by atoms with Gasteiger partial charge in [-0.2, -0.15) is 15.0 Å². The highest BCUT2D eigenvalue weighted by molar-refractivity contribution is 6.00. The molecule has 3 aliphatic heterocycles.